The molecule has 0 saturated heterocycles. The molecule has 0 bridgehead atoms. The van der Waals surface area contributed by atoms with Crippen LogP contribution in [0.5, 0.6) is 0 Å². The Labute approximate surface area is 155 Å². The molecule has 0 N–H and O–H groups in total. The van der Waals surface area contributed by atoms with Crippen LogP contribution >= 0.6 is 0 Å². The third-order valence-electron chi connectivity index (χ3n) is 2.54. The Morgan fingerprint density at radius 1 is 0.520 bits per heavy atom. The predicted octanol–water partition coefficient (Wildman–Crippen LogP) is 3.51. The summed E-state index contributed by atoms with van der Waals surface area (Å²) in [4.78, 5) is 20.5. The Kier molecular flexibility index (Phi) is 13.3. The van der Waals surface area contributed by atoms with Crippen molar-refractivity contribution in [3.05, 3.63) is 50.6 Å². The van der Waals surface area contributed by atoms with Gasteiger partial charge in [-0.05, 0) is 0 Å². The molecule has 0 rings (SSSR count). The molecule has 0 radical (unpaired) electrons. The van der Waals surface area contributed by atoms with Gasteiger partial charge in [-0.15, -0.1) is 0 Å². The second kappa shape index (κ2) is 13.6. The third-order valence-corrected chi connectivity index (χ3v) is 5.96. The van der Waals surface area contributed by atoms with Gasteiger partial charge in [-0.25, -0.2) is 0 Å². The molecule has 144 valence electrons. The van der Waals surface area contributed by atoms with Gasteiger partial charge >= 0.3 is 155 Å². The van der Waals surface area contributed by atoms with Crippen LogP contribution in [0.4, 0.5) is 0 Å². The molecular weight excluding hydrogens is 439 g/mol. The Bertz CT molecular complexity index is 339. The molecule has 0 aliphatic heterocycles. The van der Waals surface area contributed by atoms with Gasteiger partial charge in [0.25, 0.3) is 0 Å². The van der Waals surface area contributed by atoms with E-state index in [9.17, 15) is 0 Å². The van der Waals surface area contributed by atoms with Crippen LogP contribution in [-0.4, -0.2) is 44.4 Å². The van der Waals surface area contributed by atoms with Crippen molar-refractivity contribution in [1.82, 2.24) is 0 Å². The van der Waals surface area contributed by atoms with Crippen LogP contribution in [0.15, 0.2) is 50.6 Å². The van der Waals surface area contributed by atoms with E-state index in [1.54, 1.807) is 27.7 Å². The zero-order valence-electron chi connectivity index (χ0n) is 15.2. The van der Waals surface area contributed by atoms with Crippen LogP contribution in [0.3, 0.4) is 0 Å². The summed E-state index contributed by atoms with van der Waals surface area (Å²) >= 11 is -5.08. The summed E-state index contributed by atoms with van der Waals surface area (Å²) in [6, 6.07) is 0. The van der Waals surface area contributed by atoms with E-state index >= 15 is 0 Å². The molecule has 0 aliphatic carbocycles. The third kappa shape index (κ3) is 10.9. The van der Waals surface area contributed by atoms with E-state index in [1.165, 1.54) is 24.3 Å². The summed E-state index contributed by atoms with van der Waals surface area (Å²) in [5.74, 6) is 0. The van der Waals surface area contributed by atoms with Gasteiger partial charge in [0.05, 0.1) is 0 Å². The van der Waals surface area contributed by atoms with Gasteiger partial charge in [0, 0.05) is 0 Å². The molecule has 0 amide bonds. The molecule has 0 aromatic rings. The SMILES string of the molecule is C=CC(C)O[O][Sn]([O]OC(C)C=C)([O]OC(C)C=C)[O]OC(C)C=C. The van der Waals surface area contributed by atoms with Gasteiger partial charge in [0.15, 0.2) is 0 Å². The zero-order chi connectivity index (χ0) is 19.3. The van der Waals surface area contributed by atoms with E-state index < -0.39 is 44.4 Å². The van der Waals surface area contributed by atoms with Crippen molar-refractivity contribution in [3.8, 4) is 0 Å². The molecule has 25 heavy (non-hydrogen) atoms. The first-order valence-electron chi connectivity index (χ1n) is 7.70. The summed E-state index contributed by atoms with van der Waals surface area (Å²) in [7, 11) is 0. The molecule has 0 aliphatic rings. The van der Waals surface area contributed by atoms with Crippen LogP contribution < -0.4 is 0 Å². The fraction of sp³-hybridized carbons (Fsp3) is 0.500. The van der Waals surface area contributed by atoms with Crippen LogP contribution in [0.1, 0.15) is 27.7 Å². The second-order valence-electron chi connectivity index (χ2n) is 4.98. The summed E-state index contributed by atoms with van der Waals surface area (Å²) in [5.41, 5.74) is 0. The standard InChI is InChI=1S/4C4H8O2.Sn/c4*1-3-4(2)6-5;/h4*3-5H,1H2,2H3;/q;;;;+4/p-4. The van der Waals surface area contributed by atoms with E-state index in [0.717, 1.165) is 0 Å². The molecule has 0 heterocycles. The first kappa shape index (κ1) is 24.4. The molecule has 8 nitrogen and oxygen atoms in total. The van der Waals surface area contributed by atoms with Gasteiger partial charge in [0.2, 0.25) is 0 Å². The first-order valence-corrected chi connectivity index (χ1v) is 12.4. The molecular formula is C16H28O8Sn. The fourth-order valence-electron chi connectivity index (χ4n) is 0.780. The van der Waals surface area contributed by atoms with Crippen molar-refractivity contribution in [3.63, 3.8) is 0 Å². The number of hydrogen-bond donors (Lipinski definition) is 0. The molecule has 9 heteroatoms. The minimum atomic E-state index is -5.08. The van der Waals surface area contributed by atoms with Crippen LogP contribution in [0, 0.1) is 0 Å². The van der Waals surface area contributed by atoms with Crippen LogP contribution in [0.2, 0.25) is 0 Å². The Morgan fingerprint density at radius 3 is 0.880 bits per heavy atom. The van der Waals surface area contributed by atoms with Crippen molar-refractivity contribution in [2.24, 2.45) is 0 Å². The molecule has 0 fully saturated rings. The van der Waals surface area contributed by atoms with E-state index in [-0.39, 0.29) is 0 Å². The van der Waals surface area contributed by atoms with Crippen LogP contribution in [0.25, 0.3) is 0 Å². The molecule has 0 aromatic carbocycles. The van der Waals surface area contributed by atoms with Crippen molar-refractivity contribution >= 4 is 20.0 Å². The van der Waals surface area contributed by atoms with E-state index in [4.69, 9.17) is 32.4 Å². The molecule has 4 unspecified atom stereocenters. The van der Waals surface area contributed by atoms with Crippen molar-refractivity contribution in [2.45, 2.75) is 52.1 Å². The summed E-state index contributed by atoms with van der Waals surface area (Å²) < 4.78 is 21.0. The normalized spacial score (nSPS) is 18.4. The Balaban J connectivity index is 5.23. The molecule has 0 spiro atoms. The molecule has 0 saturated carbocycles. The maximum absolute atomic E-state index is 5.26. The van der Waals surface area contributed by atoms with E-state index in [2.05, 4.69) is 26.3 Å². The zero-order valence-corrected chi connectivity index (χ0v) is 18.1. The maximum atomic E-state index is 5.26. The topological polar surface area (TPSA) is 73.8 Å². The van der Waals surface area contributed by atoms with Crippen LogP contribution in [-0.2, 0) is 32.4 Å². The van der Waals surface area contributed by atoms with E-state index in [0.29, 0.717) is 0 Å². The quantitative estimate of drug-likeness (QED) is 0.148. The van der Waals surface area contributed by atoms with Gasteiger partial charge in [-0.3, -0.25) is 0 Å². The predicted molar refractivity (Wildman–Crippen MR) is 93.1 cm³/mol. The van der Waals surface area contributed by atoms with Gasteiger partial charge in [-0.1, -0.05) is 0 Å². The average Bonchev–Trinajstić information content (AvgIpc) is 2.65. The Hall–Kier alpha value is -0.561. The summed E-state index contributed by atoms with van der Waals surface area (Å²) in [6.45, 7) is 21.1. The van der Waals surface area contributed by atoms with Gasteiger partial charge in [-0.2, -0.15) is 0 Å². The minimum absolute atomic E-state index is 0.475. The second-order valence-corrected chi connectivity index (χ2v) is 9.74. The average molecular weight is 467 g/mol. The fourth-order valence-corrected chi connectivity index (χ4v) is 4.33. The van der Waals surface area contributed by atoms with E-state index in [1.807, 2.05) is 0 Å². The van der Waals surface area contributed by atoms with Gasteiger partial charge < -0.3 is 0 Å². The first-order chi connectivity index (χ1) is 11.8. The molecule has 0 aromatic heterocycles. The van der Waals surface area contributed by atoms with Crippen molar-refractivity contribution in [2.75, 3.05) is 0 Å². The number of rotatable bonds is 16. The summed E-state index contributed by atoms with van der Waals surface area (Å²) in [6.07, 6.45) is 4.12. The van der Waals surface area contributed by atoms with Crippen molar-refractivity contribution < 1.29 is 32.4 Å². The molecule has 4 atom stereocenters. The summed E-state index contributed by atoms with van der Waals surface area (Å²) in [5, 5.41) is 0. The number of hydrogen-bond acceptors (Lipinski definition) is 8. The monoisotopic (exact) mass is 468 g/mol. The van der Waals surface area contributed by atoms with Gasteiger partial charge in [0.1, 0.15) is 0 Å². The Morgan fingerprint density at radius 2 is 0.720 bits per heavy atom. The van der Waals surface area contributed by atoms with Crippen molar-refractivity contribution in [1.29, 1.82) is 0 Å².